The molecule has 0 aliphatic rings. The average molecular weight is 1010 g/mol. The highest BCUT2D eigenvalue weighted by Crippen LogP contribution is 2.51. The minimum atomic E-state index is 1.05. The van der Waals surface area contributed by atoms with Crippen LogP contribution in [-0.2, 0) is 0 Å². The van der Waals surface area contributed by atoms with Gasteiger partial charge in [-0.3, -0.25) is 19.9 Å². The van der Waals surface area contributed by atoms with E-state index < -0.39 is 0 Å². The maximum Gasteiger partial charge on any atom is 0.0434 e. The van der Waals surface area contributed by atoms with Gasteiger partial charge < -0.3 is 0 Å². The van der Waals surface area contributed by atoms with Crippen LogP contribution in [0.3, 0.4) is 0 Å². The Morgan fingerprint density at radius 2 is 0.744 bits per heavy atom. The molecular formula is C73H48N4S. The number of fused-ring (bicyclic) bond motifs is 6. The summed E-state index contributed by atoms with van der Waals surface area (Å²) < 4.78 is 2.49. The Hall–Kier alpha value is -9.94. The van der Waals surface area contributed by atoms with Crippen LogP contribution in [0.15, 0.2) is 256 Å². The van der Waals surface area contributed by atoms with Crippen molar-refractivity contribution < 1.29 is 0 Å². The van der Waals surface area contributed by atoms with Gasteiger partial charge in [0.2, 0.25) is 0 Å². The van der Waals surface area contributed by atoms with Crippen molar-refractivity contribution >= 4 is 76.0 Å². The quantitative estimate of drug-likeness (QED) is 0.128. The third-order valence-electron chi connectivity index (χ3n) is 15.2. The molecule has 366 valence electrons. The fourth-order valence-corrected chi connectivity index (χ4v) is 13.1. The van der Waals surface area contributed by atoms with Gasteiger partial charge in [0, 0.05) is 97.6 Å². The van der Waals surface area contributed by atoms with Crippen LogP contribution in [0.4, 0.5) is 0 Å². The van der Waals surface area contributed by atoms with Crippen LogP contribution in [0.25, 0.3) is 154 Å². The van der Waals surface area contributed by atoms with Gasteiger partial charge in [-0.1, -0.05) is 146 Å². The van der Waals surface area contributed by atoms with Crippen LogP contribution in [-0.4, -0.2) is 19.9 Å². The molecule has 5 heterocycles. The third-order valence-corrected chi connectivity index (χ3v) is 16.5. The molecule has 9 aromatic carbocycles. The highest BCUT2D eigenvalue weighted by molar-refractivity contribution is 7.26. The van der Waals surface area contributed by atoms with Gasteiger partial charge in [0.15, 0.2) is 0 Å². The number of aromatic nitrogens is 4. The van der Waals surface area contributed by atoms with E-state index in [1.807, 2.05) is 85.2 Å². The van der Waals surface area contributed by atoms with Gasteiger partial charge in [-0.05, 0) is 184 Å². The molecule has 5 heteroatoms. The van der Waals surface area contributed by atoms with E-state index in [0.29, 0.717) is 0 Å². The first kappa shape index (κ1) is 46.6. The number of hydrogen-bond donors (Lipinski definition) is 0. The van der Waals surface area contributed by atoms with Crippen LogP contribution < -0.4 is 0 Å². The second kappa shape index (κ2) is 19.6. The number of hydrogen-bond acceptors (Lipinski definition) is 5. The van der Waals surface area contributed by atoms with E-state index in [1.54, 1.807) is 0 Å². The highest BCUT2D eigenvalue weighted by Gasteiger charge is 2.24. The van der Waals surface area contributed by atoms with Crippen molar-refractivity contribution in [2.45, 2.75) is 6.92 Å². The summed E-state index contributed by atoms with van der Waals surface area (Å²) in [4.78, 5) is 18.1. The summed E-state index contributed by atoms with van der Waals surface area (Å²) in [6.45, 7) is 6.66. The lowest BCUT2D eigenvalue weighted by molar-refractivity contribution is 1.32. The van der Waals surface area contributed by atoms with Gasteiger partial charge in [0.05, 0.1) is 0 Å². The summed E-state index contributed by atoms with van der Waals surface area (Å²) in [6.07, 6.45) is 21.6. The first-order chi connectivity index (χ1) is 38.6. The van der Waals surface area contributed by atoms with E-state index in [-0.39, 0.29) is 0 Å². The fraction of sp³-hybridized carbons (Fsp3) is 0.0137. The Morgan fingerprint density at radius 1 is 0.333 bits per heavy atom. The number of benzene rings is 9. The number of pyridine rings is 4. The number of rotatable bonds is 10. The van der Waals surface area contributed by atoms with E-state index in [0.717, 1.165) is 72.3 Å². The molecule has 5 aromatic heterocycles. The molecule has 0 amide bonds. The largest absolute Gasteiger partial charge is 0.264 e. The zero-order valence-corrected chi connectivity index (χ0v) is 43.5. The van der Waals surface area contributed by atoms with Crippen molar-refractivity contribution in [3.05, 3.63) is 267 Å². The predicted octanol–water partition coefficient (Wildman–Crippen LogP) is 20.1. The second-order valence-electron chi connectivity index (χ2n) is 19.7. The Balaban J connectivity index is 0.965. The van der Waals surface area contributed by atoms with E-state index in [9.17, 15) is 0 Å². The van der Waals surface area contributed by atoms with Gasteiger partial charge in [-0.15, -0.1) is 11.3 Å². The zero-order valence-electron chi connectivity index (χ0n) is 42.7. The maximum absolute atomic E-state index is 4.56. The van der Waals surface area contributed by atoms with Gasteiger partial charge >= 0.3 is 0 Å². The molecule has 78 heavy (non-hydrogen) atoms. The molecule has 4 nitrogen and oxygen atoms in total. The number of allylic oxidation sites excluding steroid dienone is 1. The molecule has 14 aromatic rings. The molecule has 0 fully saturated rings. The molecule has 0 spiro atoms. The molecule has 0 bridgehead atoms. The lowest BCUT2D eigenvalue weighted by atomic mass is 9.82. The van der Waals surface area contributed by atoms with Crippen LogP contribution >= 0.6 is 11.3 Å². The molecule has 0 N–H and O–H groups in total. The third kappa shape index (κ3) is 7.99. The summed E-state index contributed by atoms with van der Waals surface area (Å²) in [5, 5.41) is 9.63. The van der Waals surface area contributed by atoms with Crippen molar-refractivity contribution in [2.24, 2.45) is 0 Å². The molecule has 0 saturated heterocycles. The normalized spacial score (nSPS) is 11.7. The predicted molar refractivity (Wildman–Crippen MR) is 331 cm³/mol. The standard InChI is InChI=1S/C73H48N4S/c1-3-16-58-57(4-2)72(64-26-10-9-25-63(64)70(58)55-37-51(47-17-12-31-74-42-47)35-52(38-55)48-18-13-32-75-43-48)66-28-11-27-65-67-41-46(29-30-68(67)78-73(65)66)69-59-21-5-7-23-61(59)71(62-24-8-6-22-60(62)69)56-39-53(49-19-14-33-76-44-49)36-54(40-56)50-20-15-34-77-45-50/h3-45H,2H2,1H3/b16-3-. The SMILES string of the molecule is C=Cc1c(/C=C\C)c(-c2cc(-c3cccnc3)cc(-c3cccnc3)c2)c2ccccc2c1-c1cccc2c1sc1ccc(-c3c4ccccc4c(-c4cc(-c5cccnc5)cc(-c5cccnc5)c4)c4ccccc34)cc12. The molecule has 0 saturated carbocycles. The summed E-state index contributed by atoms with van der Waals surface area (Å²) in [5.74, 6) is 0. The van der Waals surface area contributed by atoms with Gasteiger partial charge in [-0.25, -0.2) is 0 Å². The lowest BCUT2D eigenvalue weighted by Crippen LogP contribution is -1.97. The van der Waals surface area contributed by atoms with Crippen LogP contribution in [0.2, 0.25) is 0 Å². The van der Waals surface area contributed by atoms with E-state index in [1.165, 1.54) is 80.3 Å². The Morgan fingerprint density at radius 3 is 1.18 bits per heavy atom. The van der Waals surface area contributed by atoms with Crippen LogP contribution in [0.5, 0.6) is 0 Å². The molecular weight excluding hydrogens is 965 g/mol. The number of thiophene rings is 1. The van der Waals surface area contributed by atoms with Gasteiger partial charge in [-0.2, -0.15) is 0 Å². The molecule has 14 rings (SSSR count). The Labute approximate surface area is 456 Å². The lowest BCUT2D eigenvalue weighted by Gasteiger charge is -2.21. The van der Waals surface area contributed by atoms with E-state index in [4.69, 9.17) is 0 Å². The topological polar surface area (TPSA) is 51.6 Å². The van der Waals surface area contributed by atoms with Crippen molar-refractivity contribution in [3.8, 4) is 89.0 Å². The van der Waals surface area contributed by atoms with E-state index in [2.05, 4.69) is 222 Å². The van der Waals surface area contributed by atoms with Gasteiger partial charge in [0.25, 0.3) is 0 Å². The first-order valence-corrected chi connectivity index (χ1v) is 27.1. The summed E-state index contributed by atoms with van der Waals surface area (Å²) >= 11 is 1.87. The van der Waals surface area contributed by atoms with Crippen molar-refractivity contribution in [3.63, 3.8) is 0 Å². The maximum atomic E-state index is 4.56. The van der Waals surface area contributed by atoms with Crippen LogP contribution in [0, 0.1) is 0 Å². The summed E-state index contributed by atoms with van der Waals surface area (Å²) in [6, 6.07) is 71.0. The smallest absolute Gasteiger partial charge is 0.0434 e. The fourth-order valence-electron chi connectivity index (χ4n) is 11.9. The second-order valence-corrected chi connectivity index (χ2v) is 20.8. The van der Waals surface area contributed by atoms with E-state index >= 15 is 0 Å². The zero-order chi connectivity index (χ0) is 52.1. The minimum Gasteiger partial charge on any atom is -0.264 e. The Kier molecular flexibility index (Phi) is 11.7. The highest BCUT2D eigenvalue weighted by atomic mass is 32.1. The van der Waals surface area contributed by atoms with Crippen LogP contribution in [0.1, 0.15) is 18.1 Å². The molecule has 0 unspecified atom stereocenters. The van der Waals surface area contributed by atoms with Crippen molar-refractivity contribution in [2.75, 3.05) is 0 Å². The van der Waals surface area contributed by atoms with Gasteiger partial charge in [0.1, 0.15) is 0 Å². The molecule has 0 radical (unpaired) electrons. The summed E-state index contributed by atoms with van der Waals surface area (Å²) in [7, 11) is 0. The van der Waals surface area contributed by atoms with Crippen molar-refractivity contribution in [1.82, 2.24) is 19.9 Å². The monoisotopic (exact) mass is 1010 g/mol. The molecule has 0 aliphatic heterocycles. The Bertz CT molecular complexity index is 4510. The number of nitrogens with zero attached hydrogens (tertiary/aromatic N) is 4. The summed E-state index contributed by atoms with van der Waals surface area (Å²) in [5.41, 5.74) is 20.3. The average Bonchev–Trinajstić information content (AvgIpc) is 3.92. The first-order valence-electron chi connectivity index (χ1n) is 26.3. The molecule has 0 aliphatic carbocycles. The minimum absolute atomic E-state index is 1.05. The van der Waals surface area contributed by atoms with Crippen molar-refractivity contribution in [1.29, 1.82) is 0 Å². The molecule has 0 atom stereocenters.